The van der Waals surface area contributed by atoms with Crippen molar-refractivity contribution in [3.63, 3.8) is 0 Å². The lowest BCUT2D eigenvalue weighted by Gasteiger charge is -2.09. The largest absolute Gasteiger partial charge is 0.390 e. The lowest BCUT2D eigenvalue weighted by Crippen LogP contribution is -2.16. The van der Waals surface area contributed by atoms with E-state index >= 15 is 0 Å². The first-order valence-corrected chi connectivity index (χ1v) is 6.12. The van der Waals surface area contributed by atoms with Crippen LogP contribution in [0.1, 0.15) is 0 Å². The minimum absolute atomic E-state index is 0.325. The highest BCUT2D eigenvalue weighted by Gasteiger charge is 2.07. The van der Waals surface area contributed by atoms with Crippen molar-refractivity contribution in [3.05, 3.63) is 28.2 Å². The average molecular weight is 267 g/mol. The highest BCUT2D eigenvalue weighted by molar-refractivity contribution is 7.99. The van der Waals surface area contributed by atoms with Crippen LogP contribution in [0.2, 0.25) is 10.0 Å². The van der Waals surface area contributed by atoms with Gasteiger partial charge in [0.15, 0.2) is 0 Å². The smallest absolute Gasteiger partial charge is 0.0867 e. The van der Waals surface area contributed by atoms with E-state index in [1.807, 2.05) is 0 Å². The number of methoxy groups -OCH3 is 1. The number of aliphatic hydroxyl groups is 1. The molecule has 0 aliphatic carbocycles. The Morgan fingerprint density at radius 2 is 2.20 bits per heavy atom. The first-order chi connectivity index (χ1) is 7.13. The van der Waals surface area contributed by atoms with Gasteiger partial charge in [-0.3, -0.25) is 0 Å². The van der Waals surface area contributed by atoms with Gasteiger partial charge in [0, 0.05) is 22.8 Å². The summed E-state index contributed by atoms with van der Waals surface area (Å²) in [6, 6.07) is 5.27. The van der Waals surface area contributed by atoms with E-state index in [-0.39, 0.29) is 0 Å². The molecule has 0 amide bonds. The minimum Gasteiger partial charge on any atom is -0.390 e. The van der Waals surface area contributed by atoms with Crippen LogP contribution in [0.25, 0.3) is 0 Å². The van der Waals surface area contributed by atoms with E-state index in [1.165, 1.54) is 11.8 Å². The summed E-state index contributed by atoms with van der Waals surface area (Å²) in [5.74, 6) is 0.536. The summed E-state index contributed by atoms with van der Waals surface area (Å²) in [5, 5.41) is 10.7. The molecule has 0 bridgehead atoms. The van der Waals surface area contributed by atoms with Gasteiger partial charge in [0.2, 0.25) is 0 Å². The maximum Gasteiger partial charge on any atom is 0.0867 e. The number of ether oxygens (including phenoxy) is 1. The van der Waals surface area contributed by atoms with Crippen LogP contribution in [0.15, 0.2) is 23.1 Å². The van der Waals surface area contributed by atoms with Crippen LogP contribution in [-0.2, 0) is 4.74 Å². The summed E-state index contributed by atoms with van der Waals surface area (Å²) in [6.45, 7) is 0.325. The van der Waals surface area contributed by atoms with E-state index in [1.54, 1.807) is 25.3 Å². The molecule has 1 aromatic rings. The molecule has 0 aliphatic heterocycles. The van der Waals surface area contributed by atoms with Crippen LogP contribution >= 0.6 is 35.0 Å². The molecule has 84 valence electrons. The SMILES string of the molecule is COCC(O)CSc1cc(Cl)ccc1Cl. The lowest BCUT2D eigenvalue weighted by molar-refractivity contribution is 0.0794. The standard InChI is InChI=1S/C10H12Cl2O2S/c1-14-5-8(13)6-15-10-4-7(11)2-3-9(10)12/h2-4,8,13H,5-6H2,1H3. The Bertz CT molecular complexity index is 320. The molecule has 1 aromatic carbocycles. The Balaban J connectivity index is 2.53. The van der Waals surface area contributed by atoms with Gasteiger partial charge in [0.05, 0.1) is 17.7 Å². The first kappa shape index (κ1) is 13.1. The van der Waals surface area contributed by atoms with Crippen molar-refractivity contribution in [3.8, 4) is 0 Å². The maximum absolute atomic E-state index is 9.45. The van der Waals surface area contributed by atoms with Gasteiger partial charge in [0.25, 0.3) is 0 Å². The van der Waals surface area contributed by atoms with Crippen molar-refractivity contribution in [2.75, 3.05) is 19.5 Å². The molecule has 0 radical (unpaired) electrons. The minimum atomic E-state index is -0.491. The molecule has 0 spiro atoms. The second-order valence-corrected chi connectivity index (χ2v) is 4.90. The van der Waals surface area contributed by atoms with Crippen molar-refractivity contribution in [2.24, 2.45) is 0 Å². The Morgan fingerprint density at radius 3 is 2.87 bits per heavy atom. The van der Waals surface area contributed by atoms with Crippen molar-refractivity contribution in [1.29, 1.82) is 0 Å². The van der Waals surface area contributed by atoms with Crippen molar-refractivity contribution >= 4 is 35.0 Å². The monoisotopic (exact) mass is 266 g/mol. The van der Waals surface area contributed by atoms with Crippen LogP contribution in [0.5, 0.6) is 0 Å². The lowest BCUT2D eigenvalue weighted by atomic mass is 10.4. The van der Waals surface area contributed by atoms with E-state index in [9.17, 15) is 5.11 Å². The fourth-order valence-corrected chi connectivity index (χ4v) is 2.42. The van der Waals surface area contributed by atoms with Crippen molar-refractivity contribution < 1.29 is 9.84 Å². The van der Waals surface area contributed by atoms with Crippen LogP contribution in [-0.4, -0.2) is 30.7 Å². The van der Waals surface area contributed by atoms with Crippen LogP contribution in [0.3, 0.4) is 0 Å². The molecule has 0 saturated heterocycles. The van der Waals surface area contributed by atoms with E-state index in [4.69, 9.17) is 27.9 Å². The Labute approximate surface area is 104 Å². The second-order valence-electron chi connectivity index (χ2n) is 2.99. The average Bonchev–Trinajstić information content (AvgIpc) is 2.20. The third-order valence-corrected chi connectivity index (χ3v) is 3.56. The van der Waals surface area contributed by atoms with Gasteiger partial charge in [-0.2, -0.15) is 0 Å². The zero-order chi connectivity index (χ0) is 11.3. The molecule has 1 unspecified atom stereocenters. The number of aliphatic hydroxyl groups excluding tert-OH is 1. The van der Waals surface area contributed by atoms with Crippen molar-refractivity contribution in [1.82, 2.24) is 0 Å². The molecular formula is C10H12Cl2O2S. The van der Waals surface area contributed by atoms with Gasteiger partial charge in [0.1, 0.15) is 0 Å². The van der Waals surface area contributed by atoms with Crippen LogP contribution < -0.4 is 0 Å². The zero-order valence-corrected chi connectivity index (χ0v) is 10.6. The summed E-state index contributed by atoms with van der Waals surface area (Å²) in [4.78, 5) is 0.874. The van der Waals surface area contributed by atoms with Gasteiger partial charge in [-0.25, -0.2) is 0 Å². The van der Waals surface area contributed by atoms with Crippen LogP contribution in [0.4, 0.5) is 0 Å². The van der Waals surface area contributed by atoms with Gasteiger partial charge >= 0.3 is 0 Å². The highest BCUT2D eigenvalue weighted by atomic mass is 35.5. The van der Waals surface area contributed by atoms with E-state index in [0.717, 1.165) is 4.90 Å². The number of hydrogen-bond acceptors (Lipinski definition) is 3. The summed E-state index contributed by atoms with van der Waals surface area (Å²) in [7, 11) is 1.56. The quantitative estimate of drug-likeness (QED) is 0.831. The predicted octanol–water partition coefficient (Wildman–Crippen LogP) is 3.09. The molecule has 0 aromatic heterocycles. The summed E-state index contributed by atoms with van der Waals surface area (Å²) >= 11 is 13.3. The maximum atomic E-state index is 9.45. The number of thioether (sulfide) groups is 1. The van der Waals surface area contributed by atoms with Gasteiger partial charge in [-0.15, -0.1) is 11.8 Å². The zero-order valence-electron chi connectivity index (χ0n) is 8.24. The topological polar surface area (TPSA) is 29.5 Å². The Morgan fingerprint density at radius 1 is 1.47 bits per heavy atom. The number of halogens is 2. The summed E-state index contributed by atoms with van der Waals surface area (Å²) in [6.07, 6.45) is -0.491. The molecule has 0 heterocycles. The number of benzene rings is 1. The van der Waals surface area contributed by atoms with Gasteiger partial charge in [-0.1, -0.05) is 23.2 Å². The molecular weight excluding hydrogens is 255 g/mol. The molecule has 2 nitrogen and oxygen atoms in total. The fourth-order valence-electron chi connectivity index (χ4n) is 1.01. The molecule has 0 aliphatic rings. The van der Waals surface area contributed by atoms with E-state index in [2.05, 4.69) is 0 Å². The van der Waals surface area contributed by atoms with Gasteiger partial charge < -0.3 is 9.84 Å². The first-order valence-electron chi connectivity index (χ1n) is 4.38. The van der Waals surface area contributed by atoms with E-state index in [0.29, 0.717) is 22.4 Å². The molecule has 0 fully saturated rings. The van der Waals surface area contributed by atoms with Crippen molar-refractivity contribution in [2.45, 2.75) is 11.0 Å². The molecule has 1 N–H and O–H groups in total. The predicted molar refractivity (Wildman–Crippen MR) is 65.1 cm³/mol. The fraction of sp³-hybridized carbons (Fsp3) is 0.400. The third-order valence-electron chi connectivity index (χ3n) is 1.68. The normalized spacial score (nSPS) is 12.8. The summed E-state index contributed by atoms with van der Waals surface area (Å²) < 4.78 is 4.82. The Kier molecular flexibility index (Phi) is 5.79. The molecule has 15 heavy (non-hydrogen) atoms. The second kappa shape index (κ2) is 6.61. The molecule has 1 atom stereocenters. The van der Waals surface area contributed by atoms with E-state index < -0.39 is 6.10 Å². The Hall–Kier alpha value is 0.0700. The highest BCUT2D eigenvalue weighted by Crippen LogP contribution is 2.30. The van der Waals surface area contributed by atoms with Gasteiger partial charge in [-0.05, 0) is 18.2 Å². The third kappa shape index (κ3) is 4.62. The molecule has 0 saturated carbocycles. The number of hydrogen-bond donors (Lipinski definition) is 1. The number of rotatable bonds is 5. The van der Waals surface area contributed by atoms with Crippen LogP contribution in [0, 0.1) is 0 Å². The summed E-state index contributed by atoms with van der Waals surface area (Å²) in [5.41, 5.74) is 0. The molecule has 1 rings (SSSR count). The molecule has 5 heteroatoms.